The SMILES string of the molecule is CCN(CC)c1ccc(-n2c(C)cc([C@@H]3[C@@H](c4ccccn4)NC(=S)N3C[C@H]3CCCO3)c2C)cc1. The molecule has 190 valence electrons. The Morgan fingerprint density at radius 1 is 1.11 bits per heavy atom. The summed E-state index contributed by atoms with van der Waals surface area (Å²) in [4.78, 5) is 9.41. The molecule has 3 atom stereocenters. The minimum atomic E-state index is -0.0147. The average Bonchev–Trinajstić information content (AvgIpc) is 3.60. The molecule has 5 rings (SSSR count). The molecule has 6 nitrogen and oxygen atoms in total. The van der Waals surface area contributed by atoms with Crippen LogP contribution in [0, 0.1) is 13.8 Å². The molecule has 2 saturated heterocycles. The van der Waals surface area contributed by atoms with Gasteiger partial charge in [0.05, 0.1) is 23.9 Å². The molecule has 1 N–H and O–H groups in total. The third kappa shape index (κ3) is 4.62. The maximum absolute atomic E-state index is 6.01. The Morgan fingerprint density at radius 3 is 2.53 bits per heavy atom. The number of aryl methyl sites for hydroxylation is 1. The highest BCUT2D eigenvalue weighted by atomic mass is 32.1. The Bertz CT molecular complexity index is 1180. The van der Waals surface area contributed by atoms with Crippen LogP contribution in [0.15, 0.2) is 54.7 Å². The molecule has 0 amide bonds. The van der Waals surface area contributed by atoms with Gasteiger partial charge in [0.15, 0.2) is 5.11 Å². The highest BCUT2D eigenvalue weighted by Gasteiger charge is 2.42. The van der Waals surface area contributed by atoms with Gasteiger partial charge < -0.3 is 24.4 Å². The van der Waals surface area contributed by atoms with Gasteiger partial charge in [-0.05, 0) is 101 Å². The molecule has 0 unspecified atom stereocenters. The molecule has 7 heteroatoms. The van der Waals surface area contributed by atoms with Crippen molar-refractivity contribution in [1.29, 1.82) is 0 Å². The quantitative estimate of drug-likeness (QED) is 0.411. The normalized spacial score (nSPS) is 21.7. The predicted octanol–water partition coefficient (Wildman–Crippen LogP) is 5.49. The molecule has 1 aromatic carbocycles. The number of hydrogen-bond acceptors (Lipinski definition) is 4. The summed E-state index contributed by atoms with van der Waals surface area (Å²) in [5, 5.41) is 4.37. The Balaban J connectivity index is 1.53. The van der Waals surface area contributed by atoms with Gasteiger partial charge in [0, 0.05) is 55.2 Å². The van der Waals surface area contributed by atoms with Gasteiger partial charge in [0.25, 0.3) is 0 Å². The van der Waals surface area contributed by atoms with Crippen LogP contribution < -0.4 is 10.2 Å². The van der Waals surface area contributed by atoms with E-state index in [1.54, 1.807) is 0 Å². The van der Waals surface area contributed by atoms with Crippen molar-refractivity contribution in [3.05, 3.63) is 77.4 Å². The minimum absolute atomic E-state index is 0.0147. The van der Waals surface area contributed by atoms with E-state index in [0.717, 1.165) is 49.9 Å². The van der Waals surface area contributed by atoms with E-state index in [1.807, 2.05) is 18.3 Å². The smallest absolute Gasteiger partial charge is 0.170 e. The molecule has 3 aromatic rings. The van der Waals surface area contributed by atoms with Gasteiger partial charge in [-0.25, -0.2) is 0 Å². The topological polar surface area (TPSA) is 45.6 Å². The van der Waals surface area contributed by atoms with Crippen LogP contribution in [0.5, 0.6) is 0 Å². The van der Waals surface area contributed by atoms with Crippen LogP contribution in [0.4, 0.5) is 5.69 Å². The van der Waals surface area contributed by atoms with Crippen molar-refractivity contribution >= 4 is 23.0 Å². The summed E-state index contributed by atoms with van der Waals surface area (Å²) in [6, 6.07) is 17.4. The lowest BCUT2D eigenvalue weighted by Crippen LogP contribution is -2.36. The number of hydrogen-bond donors (Lipinski definition) is 1. The van der Waals surface area contributed by atoms with Crippen molar-refractivity contribution in [3.63, 3.8) is 0 Å². The summed E-state index contributed by atoms with van der Waals surface area (Å²) in [6.07, 6.45) is 4.27. The first-order chi connectivity index (χ1) is 17.5. The summed E-state index contributed by atoms with van der Waals surface area (Å²) >= 11 is 5.89. The van der Waals surface area contributed by atoms with Gasteiger partial charge in [-0.3, -0.25) is 4.98 Å². The Labute approximate surface area is 220 Å². The van der Waals surface area contributed by atoms with Crippen LogP contribution in [0.3, 0.4) is 0 Å². The first-order valence-corrected chi connectivity index (χ1v) is 13.6. The van der Waals surface area contributed by atoms with E-state index < -0.39 is 0 Å². The largest absolute Gasteiger partial charge is 0.376 e. The maximum Gasteiger partial charge on any atom is 0.170 e. The van der Waals surface area contributed by atoms with Crippen LogP contribution in [0.2, 0.25) is 0 Å². The zero-order valence-corrected chi connectivity index (χ0v) is 22.6. The number of thiocarbonyl (C=S) groups is 1. The molecule has 36 heavy (non-hydrogen) atoms. The third-order valence-electron chi connectivity index (χ3n) is 7.65. The minimum Gasteiger partial charge on any atom is -0.376 e. The Kier molecular flexibility index (Phi) is 7.30. The van der Waals surface area contributed by atoms with E-state index in [-0.39, 0.29) is 18.2 Å². The molecular formula is C29H37N5OS. The number of pyridine rings is 1. The van der Waals surface area contributed by atoms with Gasteiger partial charge in [-0.15, -0.1) is 0 Å². The highest BCUT2D eigenvalue weighted by molar-refractivity contribution is 7.80. The molecule has 0 saturated carbocycles. The van der Waals surface area contributed by atoms with E-state index in [1.165, 1.54) is 28.3 Å². The van der Waals surface area contributed by atoms with Crippen LogP contribution in [-0.4, -0.2) is 51.9 Å². The fourth-order valence-corrected chi connectivity index (χ4v) is 6.15. The number of nitrogens with zero attached hydrogens (tertiary/aromatic N) is 4. The summed E-state index contributed by atoms with van der Waals surface area (Å²) < 4.78 is 8.38. The summed E-state index contributed by atoms with van der Waals surface area (Å²) in [5.41, 5.74) is 7.18. The second kappa shape index (κ2) is 10.6. The lowest BCUT2D eigenvalue weighted by molar-refractivity contribution is 0.0842. The van der Waals surface area contributed by atoms with E-state index in [2.05, 4.69) is 83.8 Å². The first kappa shape index (κ1) is 24.8. The first-order valence-electron chi connectivity index (χ1n) is 13.2. The zero-order chi connectivity index (χ0) is 25.2. The van der Waals surface area contributed by atoms with Crippen LogP contribution in [0.1, 0.15) is 61.4 Å². The molecule has 2 aromatic heterocycles. The van der Waals surface area contributed by atoms with Crippen LogP contribution >= 0.6 is 12.2 Å². The number of anilines is 1. The monoisotopic (exact) mass is 503 g/mol. The Hall–Kier alpha value is -2.90. The van der Waals surface area contributed by atoms with E-state index >= 15 is 0 Å². The molecule has 4 heterocycles. The maximum atomic E-state index is 6.01. The molecule has 0 aliphatic carbocycles. The van der Waals surface area contributed by atoms with E-state index in [9.17, 15) is 0 Å². The molecule has 0 bridgehead atoms. The van der Waals surface area contributed by atoms with Gasteiger partial charge in [-0.1, -0.05) is 6.07 Å². The molecule has 0 radical (unpaired) electrons. The van der Waals surface area contributed by atoms with Crippen molar-refractivity contribution in [2.45, 2.75) is 58.7 Å². The highest BCUT2D eigenvalue weighted by Crippen LogP contribution is 2.42. The van der Waals surface area contributed by atoms with Gasteiger partial charge in [0.1, 0.15) is 0 Å². The standard InChI is InChI=1S/C29H37N5OS/c1-5-32(6-2)22-12-14-23(15-13-22)34-20(3)18-25(21(34)4)28-27(26-11-7-8-16-30-26)31-29(36)33(28)19-24-10-9-17-35-24/h7-8,11-16,18,24,27-28H,5-6,9-10,17,19H2,1-4H3,(H,31,36)/t24-,27-,28-/m1/s1. The van der Waals surface area contributed by atoms with Gasteiger partial charge in [-0.2, -0.15) is 0 Å². The van der Waals surface area contributed by atoms with Crippen molar-refractivity contribution in [2.24, 2.45) is 0 Å². The number of rotatable bonds is 8. The number of aromatic nitrogens is 2. The lowest BCUT2D eigenvalue weighted by Gasteiger charge is -2.30. The molecule has 2 fully saturated rings. The van der Waals surface area contributed by atoms with Crippen molar-refractivity contribution in [2.75, 3.05) is 31.1 Å². The number of ether oxygens (including phenoxy) is 1. The van der Waals surface area contributed by atoms with Crippen LogP contribution in [-0.2, 0) is 4.74 Å². The average molecular weight is 504 g/mol. The second-order valence-electron chi connectivity index (χ2n) is 9.76. The zero-order valence-electron chi connectivity index (χ0n) is 21.8. The Morgan fingerprint density at radius 2 is 1.89 bits per heavy atom. The third-order valence-corrected chi connectivity index (χ3v) is 8.00. The summed E-state index contributed by atoms with van der Waals surface area (Å²) in [6.45, 7) is 12.5. The fourth-order valence-electron chi connectivity index (χ4n) is 5.83. The van der Waals surface area contributed by atoms with Crippen LogP contribution in [0.25, 0.3) is 5.69 Å². The second-order valence-corrected chi connectivity index (χ2v) is 10.2. The number of benzene rings is 1. The predicted molar refractivity (Wildman–Crippen MR) is 150 cm³/mol. The van der Waals surface area contributed by atoms with Gasteiger partial charge >= 0.3 is 0 Å². The fraction of sp³-hybridized carbons (Fsp3) is 0.448. The molecular weight excluding hydrogens is 466 g/mol. The molecule has 0 spiro atoms. The van der Waals surface area contributed by atoms with Crippen molar-refractivity contribution in [1.82, 2.24) is 19.8 Å². The molecule has 2 aliphatic rings. The van der Waals surface area contributed by atoms with E-state index in [0.29, 0.717) is 0 Å². The van der Waals surface area contributed by atoms with Gasteiger partial charge in [0.2, 0.25) is 0 Å². The summed E-state index contributed by atoms with van der Waals surface area (Å²) in [5.74, 6) is 0. The summed E-state index contributed by atoms with van der Waals surface area (Å²) in [7, 11) is 0. The van der Waals surface area contributed by atoms with Crippen molar-refractivity contribution in [3.8, 4) is 5.69 Å². The molecule has 2 aliphatic heterocycles. The van der Waals surface area contributed by atoms with Crippen molar-refractivity contribution < 1.29 is 4.74 Å². The lowest BCUT2D eigenvalue weighted by atomic mass is 9.96. The van der Waals surface area contributed by atoms with E-state index in [4.69, 9.17) is 21.9 Å². The number of nitrogens with one attached hydrogen (secondary N) is 1.